The SMILES string of the molecule is COc1ccc(CCC2(C)OC(O)c3c2ccn(C2CC2)c3=O)cc1. The number of aromatic nitrogens is 1. The minimum absolute atomic E-state index is 0.110. The van der Waals surface area contributed by atoms with Gasteiger partial charge in [0.15, 0.2) is 6.29 Å². The number of rotatable bonds is 5. The molecule has 0 radical (unpaired) electrons. The summed E-state index contributed by atoms with van der Waals surface area (Å²) in [5.41, 5.74) is 1.62. The summed E-state index contributed by atoms with van der Waals surface area (Å²) >= 11 is 0. The smallest absolute Gasteiger partial charge is 0.259 e. The molecule has 0 amide bonds. The second-order valence-corrected chi connectivity index (χ2v) is 7.14. The van der Waals surface area contributed by atoms with Crippen molar-refractivity contribution < 1.29 is 14.6 Å². The van der Waals surface area contributed by atoms with Crippen LogP contribution in [0.4, 0.5) is 0 Å². The van der Waals surface area contributed by atoms with Crippen molar-refractivity contribution in [3.63, 3.8) is 0 Å². The molecule has 2 aliphatic rings. The van der Waals surface area contributed by atoms with Gasteiger partial charge in [-0.3, -0.25) is 4.79 Å². The number of nitrogens with zero attached hydrogens (tertiary/aromatic N) is 1. The highest BCUT2D eigenvalue weighted by Crippen LogP contribution is 2.44. The Morgan fingerprint density at radius 2 is 2.00 bits per heavy atom. The predicted molar refractivity (Wildman–Crippen MR) is 93.7 cm³/mol. The van der Waals surface area contributed by atoms with Gasteiger partial charge in [0.2, 0.25) is 0 Å². The molecular weight excluding hydrogens is 318 g/mol. The van der Waals surface area contributed by atoms with E-state index < -0.39 is 11.9 Å². The van der Waals surface area contributed by atoms with Crippen molar-refractivity contribution in [2.45, 2.75) is 50.5 Å². The van der Waals surface area contributed by atoms with E-state index >= 15 is 0 Å². The van der Waals surface area contributed by atoms with E-state index in [1.807, 2.05) is 43.5 Å². The first-order valence-electron chi connectivity index (χ1n) is 8.76. The molecule has 2 atom stereocenters. The molecule has 2 unspecified atom stereocenters. The fourth-order valence-electron chi connectivity index (χ4n) is 3.64. The van der Waals surface area contributed by atoms with Crippen LogP contribution in [-0.4, -0.2) is 16.8 Å². The Labute approximate surface area is 146 Å². The Morgan fingerprint density at radius 1 is 1.28 bits per heavy atom. The number of aliphatic hydroxyl groups is 1. The van der Waals surface area contributed by atoms with Gasteiger partial charge < -0.3 is 19.1 Å². The molecule has 0 spiro atoms. The third kappa shape index (κ3) is 2.87. The number of pyridine rings is 1. The molecule has 4 rings (SSSR count). The minimum Gasteiger partial charge on any atom is -0.497 e. The summed E-state index contributed by atoms with van der Waals surface area (Å²) in [6.45, 7) is 1.95. The Morgan fingerprint density at radius 3 is 2.64 bits per heavy atom. The molecule has 1 aliphatic heterocycles. The van der Waals surface area contributed by atoms with Crippen molar-refractivity contribution in [3.8, 4) is 5.75 Å². The highest BCUT2D eigenvalue weighted by atomic mass is 16.6. The van der Waals surface area contributed by atoms with E-state index in [-0.39, 0.29) is 11.6 Å². The molecule has 0 saturated heterocycles. The summed E-state index contributed by atoms with van der Waals surface area (Å²) in [7, 11) is 1.65. The second-order valence-electron chi connectivity index (χ2n) is 7.14. The Hall–Kier alpha value is -2.11. The lowest BCUT2D eigenvalue weighted by molar-refractivity contribution is -0.168. The normalized spacial score (nSPS) is 25.0. The lowest BCUT2D eigenvalue weighted by atomic mass is 9.89. The third-order valence-electron chi connectivity index (χ3n) is 5.34. The van der Waals surface area contributed by atoms with Gasteiger partial charge in [0, 0.05) is 12.2 Å². The molecule has 2 aromatic rings. The van der Waals surface area contributed by atoms with Crippen molar-refractivity contribution in [3.05, 3.63) is 63.6 Å². The summed E-state index contributed by atoms with van der Waals surface area (Å²) in [5.74, 6) is 0.827. The molecule has 1 aromatic heterocycles. The van der Waals surface area contributed by atoms with Gasteiger partial charge in [-0.2, -0.15) is 0 Å². The van der Waals surface area contributed by atoms with Crippen LogP contribution < -0.4 is 10.3 Å². The van der Waals surface area contributed by atoms with Gasteiger partial charge in [-0.1, -0.05) is 12.1 Å². The number of hydrogen-bond donors (Lipinski definition) is 1. The maximum absolute atomic E-state index is 12.7. The number of ether oxygens (including phenoxy) is 2. The molecule has 2 heterocycles. The Kier molecular flexibility index (Phi) is 3.93. The zero-order valence-electron chi connectivity index (χ0n) is 14.6. The van der Waals surface area contributed by atoms with Gasteiger partial charge >= 0.3 is 0 Å². The average molecular weight is 341 g/mol. The van der Waals surface area contributed by atoms with Crippen LogP contribution in [0, 0.1) is 0 Å². The Bertz CT molecular complexity index is 838. The van der Waals surface area contributed by atoms with Crippen LogP contribution in [-0.2, 0) is 16.8 Å². The first-order valence-corrected chi connectivity index (χ1v) is 8.76. The number of benzene rings is 1. The molecule has 5 nitrogen and oxygen atoms in total. The zero-order chi connectivity index (χ0) is 17.6. The molecule has 1 aliphatic carbocycles. The highest BCUT2D eigenvalue weighted by Gasteiger charge is 2.43. The van der Waals surface area contributed by atoms with Crippen molar-refractivity contribution >= 4 is 0 Å². The van der Waals surface area contributed by atoms with Crippen LogP contribution >= 0.6 is 0 Å². The van der Waals surface area contributed by atoms with E-state index in [9.17, 15) is 9.90 Å². The minimum atomic E-state index is -1.14. The average Bonchev–Trinajstić information content (AvgIpc) is 3.41. The molecular formula is C20H23NO4. The standard InChI is InChI=1S/C20H23NO4/c1-20(11-9-13-3-7-15(24-2)8-4-13)16-10-12-21(14-5-6-14)18(22)17(16)19(23)25-20/h3-4,7-8,10,12,14,19,23H,5-6,9,11H2,1-2H3. The predicted octanol–water partition coefficient (Wildman–Crippen LogP) is 3.06. The van der Waals surface area contributed by atoms with Crippen LogP contribution in [0.1, 0.15) is 55.2 Å². The molecule has 1 fully saturated rings. The quantitative estimate of drug-likeness (QED) is 0.908. The fraction of sp³-hybridized carbons (Fsp3) is 0.450. The van der Waals surface area contributed by atoms with Gasteiger partial charge in [-0.25, -0.2) is 0 Å². The highest BCUT2D eigenvalue weighted by molar-refractivity contribution is 5.35. The summed E-state index contributed by atoms with van der Waals surface area (Å²) in [6.07, 6.45) is 4.25. The van der Waals surface area contributed by atoms with Crippen molar-refractivity contribution in [2.75, 3.05) is 7.11 Å². The second kappa shape index (κ2) is 6.00. The van der Waals surface area contributed by atoms with Crippen molar-refractivity contribution in [2.24, 2.45) is 0 Å². The molecule has 0 bridgehead atoms. The molecule has 1 saturated carbocycles. The van der Waals surface area contributed by atoms with Crippen molar-refractivity contribution in [1.29, 1.82) is 0 Å². The van der Waals surface area contributed by atoms with Crippen LogP contribution in [0.25, 0.3) is 0 Å². The fourth-order valence-corrected chi connectivity index (χ4v) is 3.64. The number of aryl methyl sites for hydroxylation is 1. The molecule has 5 heteroatoms. The van der Waals surface area contributed by atoms with Crippen molar-refractivity contribution in [1.82, 2.24) is 4.57 Å². The summed E-state index contributed by atoms with van der Waals surface area (Å²) in [4.78, 5) is 12.7. The van der Waals surface area contributed by atoms with Crippen LogP contribution in [0.15, 0.2) is 41.3 Å². The first-order chi connectivity index (χ1) is 12.0. The van der Waals surface area contributed by atoms with Gasteiger partial charge in [-0.15, -0.1) is 0 Å². The monoisotopic (exact) mass is 341 g/mol. The van der Waals surface area contributed by atoms with Crippen LogP contribution in [0.2, 0.25) is 0 Å². The summed E-state index contributed by atoms with van der Waals surface area (Å²) < 4.78 is 12.8. The van der Waals surface area contributed by atoms with E-state index in [0.29, 0.717) is 12.0 Å². The topological polar surface area (TPSA) is 60.7 Å². The van der Waals surface area contributed by atoms with Gasteiger partial charge in [0.1, 0.15) is 5.75 Å². The van der Waals surface area contributed by atoms with E-state index in [4.69, 9.17) is 9.47 Å². The molecule has 132 valence electrons. The zero-order valence-corrected chi connectivity index (χ0v) is 14.6. The Balaban J connectivity index is 1.58. The van der Waals surface area contributed by atoms with Gasteiger partial charge in [0.05, 0.1) is 18.3 Å². The molecule has 1 N–H and O–H groups in total. The number of hydrogen-bond acceptors (Lipinski definition) is 4. The van der Waals surface area contributed by atoms with E-state index in [1.165, 1.54) is 5.56 Å². The largest absolute Gasteiger partial charge is 0.497 e. The van der Waals surface area contributed by atoms with Crippen LogP contribution in [0.3, 0.4) is 0 Å². The number of fused-ring (bicyclic) bond motifs is 1. The van der Waals surface area contributed by atoms with Crippen LogP contribution in [0.5, 0.6) is 5.75 Å². The maximum Gasteiger partial charge on any atom is 0.259 e. The number of aliphatic hydroxyl groups excluding tert-OH is 1. The maximum atomic E-state index is 12.7. The summed E-state index contributed by atoms with van der Waals surface area (Å²) in [6, 6.07) is 10.2. The molecule has 1 aromatic carbocycles. The van der Waals surface area contributed by atoms with Gasteiger partial charge in [-0.05, 0) is 61.9 Å². The van der Waals surface area contributed by atoms with E-state index in [1.54, 1.807) is 11.7 Å². The van der Waals surface area contributed by atoms with E-state index in [0.717, 1.165) is 30.6 Å². The summed E-state index contributed by atoms with van der Waals surface area (Å²) in [5, 5.41) is 10.3. The lowest BCUT2D eigenvalue weighted by Crippen LogP contribution is -2.26. The van der Waals surface area contributed by atoms with Gasteiger partial charge in [0.25, 0.3) is 5.56 Å². The lowest BCUT2D eigenvalue weighted by Gasteiger charge is -2.25. The van der Waals surface area contributed by atoms with E-state index in [2.05, 4.69) is 0 Å². The first kappa shape index (κ1) is 16.4. The molecule has 25 heavy (non-hydrogen) atoms. The number of methoxy groups -OCH3 is 1. The third-order valence-corrected chi connectivity index (χ3v) is 5.34.